The van der Waals surface area contributed by atoms with Gasteiger partial charge in [-0.25, -0.2) is 8.78 Å². The zero-order valence-corrected chi connectivity index (χ0v) is 18.4. The first-order chi connectivity index (χ1) is 15.5. The number of hydrogen-bond donors (Lipinski definition) is 1. The SMILES string of the molecule is CCCCCc1c(-c2ccc(C(F)(F)F)cc2)c(C(N)=O)c(C)n1Cc1ccc(F)c(F)c1. The zero-order chi connectivity index (χ0) is 24.3. The van der Waals surface area contributed by atoms with Crippen LogP contribution >= 0.6 is 0 Å². The summed E-state index contributed by atoms with van der Waals surface area (Å²) in [7, 11) is 0. The molecule has 8 heteroatoms. The van der Waals surface area contributed by atoms with E-state index >= 15 is 0 Å². The van der Waals surface area contributed by atoms with E-state index in [1.165, 1.54) is 18.2 Å². The summed E-state index contributed by atoms with van der Waals surface area (Å²) < 4.78 is 68.1. The predicted molar refractivity (Wildman–Crippen MR) is 117 cm³/mol. The minimum Gasteiger partial charge on any atom is -0.366 e. The minimum absolute atomic E-state index is 0.158. The van der Waals surface area contributed by atoms with Crippen molar-refractivity contribution in [1.29, 1.82) is 0 Å². The van der Waals surface area contributed by atoms with E-state index in [0.29, 0.717) is 28.8 Å². The molecule has 0 saturated heterocycles. The van der Waals surface area contributed by atoms with Crippen LogP contribution < -0.4 is 5.73 Å². The Morgan fingerprint density at radius 3 is 2.21 bits per heavy atom. The lowest BCUT2D eigenvalue weighted by molar-refractivity contribution is -0.137. The van der Waals surface area contributed by atoms with E-state index in [1.807, 2.05) is 11.5 Å². The molecule has 3 aromatic rings. The standard InChI is InChI=1S/C25H25F5N2O/c1-3-4-5-6-21-23(17-8-10-18(11-9-17)25(28,29)30)22(24(31)33)15(2)32(21)14-16-7-12-19(26)20(27)13-16/h7-13H,3-6,14H2,1-2H3,(H2,31,33). The fourth-order valence-corrected chi connectivity index (χ4v) is 4.07. The van der Waals surface area contributed by atoms with Crippen molar-refractivity contribution in [3.05, 3.63) is 82.2 Å². The third-order valence-electron chi connectivity index (χ3n) is 5.72. The molecular formula is C25H25F5N2O. The molecule has 176 valence electrons. The first kappa shape index (κ1) is 24.5. The molecule has 0 saturated carbocycles. The maximum absolute atomic E-state index is 13.8. The van der Waals surface area contributed by atoms with Gasteiger partial charge in [0, 0.05) is 23.5 Å². The highest BCUT2D eigenvalue weighted by atomic mass is 19.4. The Labute approximate surface area is 189 Å². The van der Waals surface area contributed by atoms with Gasteiger partial charge in [-0.2, -0.15) is 13.2 Å². The number of carbonyl (C=O) groups is 1. The van der Waals surface area contributed by atoms with Gasteiger partial charge in [0.15, 0.2) is 11.6 Å². The number of hydrogen-bond acceptors (Lipinski definition) is 1. The molecule has 0 aliphatic rings. The lowest BCUT2D eigenvalue weighted by atomic mass is 9.96. The maximum Gasteiger partial charge on any atom is 0.416 e. The number of benzene rings is 2. The van der Waals surface area contributed by atoms with Crippen molar-refractivity contribution in [3.63, 3.8) is 0 Å². The topological polar surface area (TPSA) is 48.0 Å². The van der Waals surface area contributed by atoms with Crippen LogP contribution in [-0.4, -0.2) is 10.5 Å². The molecule has 0 radical (unpaired) electrons. The average Bonchev–Trinajstić information content (AvgIpc) is 3.02. The molecule has 2 aromatic carbocycles. The van der Waals surface area contributed by atoms with E-state index in [-0.39, 0.29) is 12.1 Å². The lowest BCUT2D eigenvalue weighted by Gasteiger charge is -2.14. The largest absolute Gasteiger partial charge is 0.416 e. The fraction of sp³-hybridized carbons (Fsp3) is 0.320. The number of amides is 1. The molecule has 3 rings (SSSR count). The average molecular weight is 464 g/mol. The van der Waals surface area contributed by atoms with Crippen LogP contribution in [0, 0.1) is 18.6 Å². The predicted octanol–water partition coefficient (Wildman–Crippen LogP) is 6.64. The summed E-state index contributed by atoms with van der Waals surface area (Å²) >= 11 is 0. The summed E-state index contributed by atoms with van der Waals surface area (Å²) in [5.74, 6) is -2.65. The van der Waals surface area contributed by atoms with Gasteiger partial charge in [-0.05, 0) is 55.2 Å². The molecule has 2 N–H and O–H groups in total. The number of rotatable bonds is 8. The van der Waals surface area contributed by atoms with Crippen molar-refractivity contribution in [3.8, 4) is 11.1 Å². The summed E-state index contributed by atoms with van der Waals surface area (Å²) in [5, 5.41) is 0. The summed E-state index contributed by atoms with van der Waals surface area (Å²) in [6.07, 6.45) is -1.30. The summed E-state index contributed by atoms with van der Waals surface area (Å²) in [5.41, 5.74) is 7.75. The van der Waals surface area contributed by atoms with Crippen LogP contribution in [0.1, 0.15) is 59.1 Å². The molecule has 3 nitrogen and oxygen atoms in total. The van der Waals surface area contributed by atoms with Gasteiger partial charge >= 0.3 is 6.18 Å². The number of alkyl halides is 3. The fourth-order valence-electron chi connectivity index (χ4n) is 4.07. The van der Waals surface area contributed by atoms with Crippen molar-refractivity contribution in [1.82, 2.24) is 4.57 Å². The van der Waals surface area contributed by atoms with Crippen molar-refractivity contribution >= 4 is 5.91 Å². The van der Waals surface area contributed by atoms with E-state index in [9.17, 15) is 26.7 Å². The number of unbranched alkanes of at least 4 members (excludes halogenated alkanes) is 2. The van der Waals surface area contributed by atoms with Crippen molar-refractivity contribution in [2.24, 2.45) is 5.73 Å². The minimum atomic E-state index is -4.48. The molecule has 0 unspecified atom stereocenters. The van der Waals surface area contributed by atoms with E-state index in [2.05, 4.69) is 0 Å². The molecule has 33 heavy (non-hydrogen) atoms. The Morgan fingerprint density at radius 2 is 1.67 bits per heavy atom. The van der Waals surface area contributed by atoms with Crippen LogP contribution in [0.25, 0.3) is 11.1 Å². The van der Waals surface area contributed by atoms with E-state index < -0.39 is 29.3 Å². The maximum atomic E-state index is 13.8. The van der Waals surface area contributed by atoms with Gasteiger partial charge in [0.2, 0.25) is 0 Å². The van der Waals surface area contributed by atoms with E-state index in [0.717, 1.165) is 49.2 Å². The Bertz CT molecular complexity index is 1150. The number of carbonyl (C=O) groups excluding carboxylic acids is 1. The van der Waals surface area contributed by atoms with Crippen molar-refractivity contribution in [2.45, 2.75) is 52.3 Å². The summed E-state index contributed by atoms with van der Waals surface area (Å²) in [4.78, 5) is 12.4. The molecular weight excluding hydrogens is 439 g/mol. The molecule has 0 aliphatic carbocycles. The Morgan fingerprint density at radius 1 is 1.00 bits per heavy atom. The second-order valence-electron chi connectivity index (χ2n) is 8.01. The second kappa shape index (κ2) is 9.77. The van der Waals surface area contributed by atoms with Gasteiger partial charge in [-0.1, -0.05) is 38.0 Å². The number of nitrogens with two attached hydrogens (primary N) is 1. The molecule has 0 aliphatic heterocycles. The quantitative estimate of drug-likeness (QED) is 0.295. The number of primary amides is 1. The molecule has 0 bridgehead atoms. The van der Waals surface area contributed by atoms with Gasteiger partial charge in [0.1, 0.15) is 0 Å². The molecule has 1 heterocycles. The lowest BCUT2D eigenvalue weighted by Crippen LogP contribution is -2.14. The van der Waals surface area contributed by atoms with E-state index in [4.69, 9.17) is 5.73 Å². The molecule has 0 fully saturated rings. The van der Waals surface area contributed by atoms with Crippen LogP contribution in [0.4, 0.5) is 22.0 Å². The third-order valence-corrected chi connectivity index (χ3v) is 5.72. The second-order valence-corrected chi connectivity index (χ2v) is 8.01. The first-order valence-electron chi connectivity index (χ1n) is 10.7. The molecule has 1 aromatic heterocycles. The van der Waals surface area contributed by atoms with Gasteiger partial charge < -0.3 is 10.3 Å². The summed E-state index contributed by atoms with van der Waals surface area (Å²) in [6, 6.07) is 8.17. The van der Waals surface area contributed by atoms with Gasteiger partial charge in [0.05, 0.1) is 11.1 Å². The number of halogens is 5. The van der Waals surface area contributed by atoms with Crippen LogP contribution in [0.3, 0.4) is 0 Å². The van der Waals surface area contributed by atoms with Crippen LogP contribution in [0.2, 0.25) is 0 Å². The van der Waals surface area contributed by atoms with Gasteiger partial charge in [0.25, 0.3) is 5.91 Å². The first-order valence-corrected chi connectivity index (χ1v) is 10.7. The summed E-state index contributed by atoms with van der Waals surface area (Å²) in [6.45, 7) is 3.89. The van der Waals surface area contributed by atoms with Crippen LogP contribution in [0.5, 0.6) is 0 Å². The highest BCUT2D eigenvalue weighted by Crippen LogP contribution is 2.37. The Balaban J connectivity index is 2.18. The monoisotopic (exact) mass is 464 g/mol. The molecule has 0 spiro atoms. The zero-order valence-electron chi connectivity index (χ0n) is 18.4. The van der Waals surface area contributed by atoms with Crippen LogP contribution in [0.15, 0.2) is 42.5 Å². The van der Waals surface area contributed by atoms with E-state index in [1.54, 1.807) is 6.92 Å². The van der Waals surface area contributed by atoms with Crippen molar-refractivity contribution < 1.29 is 26.7 Å². The third kappa shape index (κ3) is 5.26. The van der Waals surface area contributed by atoms with Gasteiger partial charge in [-0.15, -0.1) is 0 Å². The van der Waals surface area contributed by atoms with Gasteiger partial charge in [-0.3, -0.25) is 4.79 Å². The highest BCUT2D eigenvalue weighted by Gasteiger charge is 2.31. The number of aromatic nitrogens is 1. The normalized spacial score (nSPS) is 11.7. The van der Waals surface area contributed by atoms with Crippen molar-refractivity contribution in [2.75, 3.05) is 0 Å². The Hall–Kier alpha value is -3.16. The Kier molecular flexibility index (Phi) is 7.25. The molecule has 0 atom stereocenters. The smallest absolute Gasteiger partial charge is 0.366 e. The number of nitrogens with zero attached hydrogens (tertiary/aromatic N) is 1. The molecule has 1 amide bonds. The van der Waals surface area contributed by atoms with Crippen LogP contribution in [-0.2, 0) is 19.1 Å². The highest BCUT2D eigenvalue weighted by molar-refractivity contribution is 6.02.